The number of ether oxygens (including phenoxy) is 1. The number of non-ortho nitro benzene ring substituents is 1. The second-order valence-corrected chi connectivity index (χ2v) is 8.91. The minimum atomic E-state index is -0.405. The summed E-state index contributed by atoms with van der Waals surface area (Å²) in [7, 11) is 0. The van der Waals surface area contributed by atoms with E-state index in [0.29, 0.717) is 11.6 Å². The summed E-state index contributed by atoms with van der Waals surface area (Å²) in [6, 6.07) is 6.19. The van der Waals surface area contributed by atoms with Crippen LogP contribution in [-0.2, 0) is 19.4 Å². The molecule has 3 heterocycles. The highest BCUT2D eigenvalue weighted by molar-refractivity contribution is 7.19. The number of nitrogens with one attached hydrogen (secondary N) is 1. The normalized spacial score (nSPS) is 16.8. The number of benzene rings is 1. The molecule has 0 radical (unpaired) electrons. The van der Waals surface area contributed by atoms with Gasteiger partial charge < -0.3 is 9.64 Å². The molecule has 0 bridgehead atoms. The Morgan fingerprint density at radius 3 is 2.62 bits per heavy atom. The van der Waals surface area contributed by atoms with Crippen LogP contribution in [0.5, 0.6) is 11.6 Å². The number of hydrogen-bond donors (Lipinski definition) is 1. The van der Waals surface area contributed by atoms with Gasteiger partial charge in [0.15, 0.2) is 5.82 Å². The number of nitro groups is 1. The first-order chi connectivity index (χ1) is 14.2. The van der Waals surface area contributed by atoms with Gasteiger partial charge in [-0.1, -0.05) is 0 Å². The number of nitrogens with zero attached hydrogens (tertiary/aromatic N) is 3. The number of aromatic nitrogens is 2. The third kappa shape index (κ3) is 3.70. The smallest absolute Gasteiger partial charge is 0.269 e. The molecule has 2 aromatic heterocycles. The molecular formula is C21H23N4O3S+. The van der Waals surface area contributed by atoms with Crippen LogP contribution in [0.15, 0.2) is 24.3 Å². The minimum Gasteiger partial charge on any atom is -0.438 e. The lowest BCUT2D eigenvalue weighted by molar-refractivity contribution is -0.919. The Labute approximate surface area is 172 Å². The maximum absolute atomic E-state index is 10.9. The number of hydrogen-bond acceptors (Lipinski definition) is 6. The zero-order chi connectivity index (χ0) is 19.8. The molecule has 0 unspecified atom stereocenters. The summed E-state index contributed by atoms with van der Waals surface area (Å²) >= 11 is 1.76. The van der Waals surface area contributed by atoms with Crippen molar-refractivity contribution in [3.05, 3.63) is 50.6 Å². The van der Waals surface area contributed by atoms with Crippen molar-refractivity contribution in [2.24, 2.45) is 0 Å². The topological polar surface area (TPSA) is 82.6 Å². The number of fused-ring (bicyclic) bond motifs is 3. The van der Waals surface area contributed by atoms with Crippen molar-refractivity contribution in [1.29, 1.82) is 0 Å². The van der Waals surface area contributed by atoms with Crippen LogP contribution >= 0.6 is 11.3 Å². The minimum absolute atomic E-state index is 0.0518. The van der Waals surface area contributed by atoms with Gasteiger partial charge in [0.25, 0.3) is 5.69 Å². The fourth-order valence-corrected chi connectivity index (χ4v) is 5.63. The van der Waals surface area contributed by atoms with Crippen molar-refractivity contribution in [2.45, 2.75) is 45.1 Å². The maximum atomic E-state index is 10.9. The Kier molecular flexibility index (Phi) is 4.89. The summed E-state index contributed by atoms with van der Waals surface area (Å²) in [5.41, 5.74) is 1.37. The van der Waals surface area contributed by atoms with Gasteiger partial charge in [-0.15, -0.1) is 11.3 Å². The summed E-state index contributed by atoms with van der Waals surface area (Å²) in [5.74, 6) is 1.98. The van der Waals surface area contributed by atoms with E-state index in [9.17, 15) is 10.1 Å². The van der Waals surface area contributed by atoms with Crippen molar-refractivity contribution >= 4 is 27.2 Å². The Balaban J connectivity index is 1.51. The first-order valence-corrected chi connectivity index (χ1v) is 11.1. The van der Waals surface area contributed by atoms with E-state index in [1.54, 1.807) is 23.5 Å². The molecule has 150 valence electrons. The highest BCUT2D eigenvalue weighted by Gasteiger charge is 2.25. The number of quaternary nitrogens is 1. The summed E-state index contributed by atoms with van der Waals surface area (Å²) in [4.78, 5) is 24.1. The highest BCUT2D eigenvalue weighted by Crippen LogP contribution is 2.41. The predicted molar refractivity (Wildman–Crippen MR) is 111 cm³/mol. The van der Waals surface area contributed by atoms with Crippen molar-refractivity contribution in [1.82, 2.24) is 9.97 Å². The van der Waals surface area contributed by atoms with E-state index in [1.807, 2.05) is 0 Å². The molecule has 5 rings (SSSR count). The lowest BCUT2D eigenvalue weighted by Crippen LogP contribution is -3.11. The molecule has 8 heteroatoms. The lowest BCUT2D eigenvalue weighted by Gasteiger charge is -2.22. The van der Waals surface area contributed by atoms with Gasteiger partial charge in [-0.05, 0) is 56.2 Å². The van der Waals surface area contributed by atoms with Crippen LogP contribution in [0.3, 0.4) is 0 Å². The highest BCUT2D eigenvalue weighted by atomic mass is 32.1. The predicted octanol–water partition coefficient (Wildman–Crippen LogP) is 3.45. The Hall–Kier alpha value is -2.58. The molecule has 1 aromatic carbocycles. The van der Waals surface area contributed by atoms with Gasteiger partial charge in [-0.25, -0.2) is 4.98 Å². The number of thiophene rings is 1. The Morgan fingerprint density at radius 2 is 1.86 bits per heavy atom. The SMILES string of the molecule is O=[N+]([O-])c1ccc(Oc2nc(C[NH+]3CCCCC3)nc3sc4c(c23)CCC4)cc1. The van der Waals surface area contributed by atoms with E-state index in [0.717, 1.165) is 41.8 Å². The van der Waals surface area contributed by atoms with Crippen LogP contribution in [0.4, 0.5) is 5.69 Å². The molecule has 1 aliphatic carbocycles. The van der Waals surface area contributed by atoms with E-state index in [2.05, 4.69) is 0 Å². The van der Waals surface area contributed by atoms with Crippen LogP contribution in [0, 0.1) is 10.1 Å². The molecule has 0 atom stereocenters. The van der Waals surface area contributed by atoms with Gasteiger partial charge in [-0.3, -0.25) is 10.1 Å². The number of aryl methyl sites for hydroxylation is 2. The van der Waals surface area contributed by atoms with Crippen LogP contribution < -0.4 is 9.64 Å². The molecule has 3 aromatic rings. The van der Waals surface area contributed by atoms with Crippen LogP contribution in [0.2, 0.25) is 0 Å². The first-order valence-electron chi connectivity index (χ1n) is 10.2. The second kappa shape index (κ2) is 7.68. The molecule has 1 saturated heterocycles. The summed E-state index contributed by atoms with van der Waals surface area (Å²) in [5, 5.41) is 11.9. The van der Waals surface area contributed by atoms with Gasteiger partial charge in [-0.2, -0.15) is 4.98 Å². The number of nitro benzene ring substituents is 1. The number of piperidine rings is 1. The van der Waals surface area contributed by atoms with Gasteiger partial charge in [0.1, 0.15) is 17.1 Å². The average molecular weight is 412 g/mol. The molecule has 1 aliphatic heterocycles. The molecule has 0 amide bonds. The third-order valence-electron chi connectivity index (χ3n) is 5.81. The van der Waals surface area contributed by atoms with Gasteiger partial charge in [0.2, 0.25) is 5.88 Å². The first kappa shape index (κ1) is 18.4. The summed E-state index contributed by atoms with van der Waals surface area (Å²) < 4.78 is 6.16. The standard InChI is InChI=1S/C21H22N4O3S/c26-25(27)14-7-9-15(10-8-14)28-20-19-16-5-4-6-17(16)29-21(19)23-18(22-20)13-24-11-2-1-3-12-24/h7-10H,1-6,11-13H2/p+1. The molecule has 0 spiro atoms. The van der Waals surface area contributed by atoms with E-state index in [4.69, 9.17) is 14.7 Å². The number of rotatable bonds is 5. The zero-order valence-electron chi connectivity index (χ0n) is 16.1. The zero-order valence-corrected chi connectivity index (χ0v) is 17.0. The van der Waals surface area contributed by atoms with Crippen molar-refractivity contribution in [3.63, 3.8) is 0 Å². The largest absolute Gasteiger partial charge is 0.438 e. The van der Waals surface area contributed by atoms with Crippen molar-refractivity contribution in [3.8, 4) is 11.6 Å². The van der Waals surface area contributed by atoms with E-state index >= 15 is 0 Å². The maximum Gasteiger partial charge on any atom is 0.269 e. The molecule has 0 saturated carbocycles. The average Bonchev–Trinajstić information content (AvgIpc) is 3.30. The van der Waals surface area contributed by atoms with E-state index < -0.39 is 4.92 Å². The molecule has 7 nitrogen and oxygen atoms in total. The molecule has 29 heavy (non-hydrogen) atoms. The third-order valence-corrected chi connectivity index (χ3v) is 6.99. The number of likely N-dealkylation sites (tertiary alicyclic amines) is 1. The molecule has 2 aliphatic rings. The monoisotopic (exact) mass is 411 g/mol. The molecular weight excluding hydrogens is 388 g/mol. The molecule has 1 N–H and O–H groups in total. The van der Waals surface area contributed by atoms with Crippen LogP contribution in [0.1, 0.15) is 41.9 Å². The quantitative estimate of drug-likeness (QED) is 0.514. The fourth-order valence-electron chi connectivity index (χ4n) is 4.36. The van der Waals surface area contributed by atoms with Crippen molar-refractivity contribution < 1.29 is 14.6 Å². The van der Waals surface area contributed by atoms with Gasteiger partial charge >= 0.3 is 0 Å². The van der Waals surface area contributed by atoms with E-state index in [1.165, 1.54) is 59.8 Å². The van der Waals surface area contributed by atoms with Crippen molar-refractivity contribution in [2.75, 3.05) is 13.1 Å². The van der Waals surface area contributed by atoms with Gasteiger partial charge in [0.05, 0.1) is 23.4 Å². The van der Waals surface area contributed by atoms with Crippen LogP contribution in [-0.4, -0.2) is 28.0 Å². The Morgan fingerprint density at radius 1 is 1.07 bits per heavy atom. The second-order valence-electron chi connectivity index (χ2n) is 7.82. The summed E-state index contributed by atoms with van der Waals surface area (Å²) in [6.45, 7) is 3.15. The lowest BCUT2D eigenvalue weighted by atomic mass is 10.1. The molecule has 1 fully saturated rings. The van der Waals surface area contributed by atoms with E-state index in [-0.39, 0.29) is 5.69 Å². The fraction of sp³-hybridized carbons (Fsp3) is 0.429. The Bertz CT molecular complexity index is 1060. The van der Waals surface area contributed by atoms with Crippen LogP contribution in [0.25, 0.3) is 10.2 Å². The van der Waals surface area contributed by atoms with Gasteiger partial charge in [0, 0.05) is 17.0 Å². The summed E-state index contributed by atoms with van der Waals surface area (Å²) in [6.07, 6.45) is 7.13.